The summed E-state index contributed by atoms with van der Waals surface area (Å²) in [7, 11) is -3.21. The van der Waals surface area contributed by atoms with Crippen LogP contribution >= 0.6 is 0 Å². The third kappa shape index (κ3) is 3.72. The second-order valence-corrected chi connectivity index (χ2v) is 7.60. The Kier molecular flexibility index (Phi) is 4.42. The van der Waals surface area contributed by atoms with Crippen molar-refractivity contribution in [3.63, 3.8) is 0 Å². The molecule has 1 aromatic rings. The van der Waals surface area contributed by atoms with Crippen molar-refractivity contribution in [3.05, 3.63) is 24.5 Å². The Bertz CT molecular complexity index is 558. The number of aromatic nitrogens is 1. The van der Waals surface area contributed by atoms with E-state index in [9.17, 15) is 8.42 Å². The van der Waals surface area contributed by atoms with Gasteiger partial charge in [-0.1, -0.05) is 0 Å². The summed E-state index contributed by atoms with van der Waals surface area (Å²) >= 11 is 0. The molecule has 0 amide bonds. The molecule has 0 unspecified atom stereocenters. The summed E-state index contributed by atoms with van der Waals surface area (Å²) < 4.78 is 37.4. The molecule has 2 atom stereocenters. The quantitative estimate of drug-likeness (QED) is 0.808. The lowest BCUT2D eigenvalue weighted by molar-refractivity contribution is 0.188. The highest BCUT2D eigenvalue weighted by Crippen LogP contribution is 2.22. The molecule has 0 N–H and O–H groups in total. The van der Waals surface area contributed by atoms with Gasteiger partial charge in [-0.15, -0.1) is 0 Å². The maximum Gasteiger partial charge on any atom is 0.214 e. The lowest BCUT2D eigenvalue weighted by Crippen LogP contribution is -2.35. The lowest BCUT2D eigenvalue weighted by Gasteiger charge is -2.18. The van der Waals surface area contributed by atoms with E-state index in [-0.39, 0.29) is 17.8 Å². The van der Waals surface area contributed by atoms with Crippen LogP contribution in [0.25, 0.3) is 0 Å². The molecule has 3 rings (SSSR count). The fourth-order valence-corrected chi connectivity index (χ4v) is 4.62. The molecule has 7 heteroatoms. The SMILES string of the molecule is O=S(=O)(C[C@@H]1CCOC1)N1CC[C@H](Oc2cccnc2)C1. The Balaban J connectivity index is 1.56. The van der Waals surface area contributed by atoms with Gasteiger partial charge < -0.3 is 9.47 Å². The van der Waals surface area contributed by atoms with Gasteiger partial charge in [-0.25, -0.2) is 8.42 Å². The minimum Gasteiger partial charge on any atom is -0.487 e. The van der Waals surface area contributed by atoms with E-state index in [1.165, 1.54) is 0 Å². The van der Waals surface area contributed by atoms with Crippen molar-refractivity contribution >= 4 is 10.0 Å². The van der Waals surface area contributed by atoms with E-state index in [0.29, 0.717) is 32.1 Å². The number of pyridine rings is 1. The first-order chi connectivity index (χ1) is 10.1. The first-order valence-corrected chi connectivity index (χ1v) is 8.87. The minimum absolute atomic E-state index is 0.0937. The zero-order valence-corrected chi connectivity index (χ0v) is 12.7. The standard InChI is InChI=1S/C14H20N2O4S/c17-21(18,11-12-4-7-19-10-12)16-6-3-14(9-16)20-13-2-1-5-15-8-13/h1-2,5,8,12,14H,3-4,6-7,9-11H2/t12-,14+/m1/s1. The van der Waals surface area contributed by atoms with Crippen LogP contribution in [0, 0.1) is 5.92 Å². The van der Waals surface area contributed by atoms with E-state index in [2.05, 4.69) is 4.98 Å². The third-order valence-corrected chi connectivity index (χ3v) is 5.92. The molecule has 0 aromatic carbocycles. The second-order valence-electron chi connectivity index (χ2n) is 5.58. The van der Waals surface area contributed by atoms with Gasteiger partial charge in [0.1, 0.15) is 11.9 Å². The average Bonchev–Trinajstić information content (AvgIpc) is 3.11. The van der Waals surface area contributed by atoms with Crippen LogP contribution < -0.4 is 4.74 Å². The van der Waals surface area contributed by atoms with Crippen molar-refractivity contribution < 1.29 is 17.9 Å². The molecule has 1 aromatic heterocycles. The first-order valence-electron chi connectivity index (χ1n) is 7.26. The zero-order valence-electron chi connectivity index (χ0n) is 11.8. The summed E-state index contributed by atoms with van der Waals surface area (Å²) in [6.07, 6.45) is 4.79. The Hall–Kier alpha value is -1.18. The predicted octanol–water partition coefficient (Wildman–Crippen LogP) is 0.901. The summed E-state index contributed by atoms with van der Waals surface area (Å²) in [5, 5.41) is 0. The first kappa shape index (κ1) is 14.7. The minimum atomic E-state index is -3.21. The molecule has 116 valence electrons. The van der Waals surface area contributed by atoms with E-state index < -0.39 is 10.0 Å². The summed E-state index contributed by atoms with van der Waals surface area (Å²) in [5.74, 6) is 1.01. The van der Waals surface area contributed by atoms with Crippen LogP contribution in [0.15, 0.2) is 24.5 Å². The Labute approximate surface area is 125 Å². The van der Waals surface area contributed by atoms with Crippen molar-refractivity contribution in [2.75, 3.05) is 32.1 Å². The van der Waals surface area contributed by atoms with Crippen LogP contribution in [-0.2, 0) is 14.8 Å². The molecule has 0 radical (unpaired) electrons. The number of hydrogen-bond donors (Lipinski definition) is 0. The summed E-state index contributed by atoms with van der Waals surface area (Å²) in [6, 6.07) is 3.64. The molecule has 0 aliphatic carbocycles. The van der Waals surface area contributed by atoms with Gasteiger partial charge in [-0.2, -0.15) is 4.31 Å². The molecule has 3 heterocycles. The van der Waals surface area contributed by atoms with Crippen molar-refractivity contribution in [1.29, 1.82) is 0 Å². The van der Waals surface area contributed by atoms with Gasteiger partial charge in [-0.05, 0) is 30.9 Å². The zero-order chi connectivity index (χ0) is 14.7. The van der Waals surface area contributed by atoms with Crippen LogP contribution in [0.1, 0.15) is 12.8 Å². The number of nitrogens with zero attached hydrogens (tertiary/aromatic N) is 2. The van der Waals surface area contributed by atoms with E-state index in [0.717, 1.165) is 12.8 Å². The maximum atomic E-state index is 12.4. The normalized spacial score (nSPS) is 27.0. The molecule has 2 saturated heterocycles. The van der Waals surface area contributed by atoms with Crippen molar-refractivity contribution in [1.82, 2.24) is 9.29 Å². The van der Waals surface area contributed by atoms with Gasteiger partial charge in [0.2, 0.25) is 10.0 Å². The molecule has 0 spiro atoms. The lowest BCUT2D eigenvalue weighted by atomic mass is 10.2. The Morgan fingerprint density at radius 2 is 2.33 bits per heavy atom. The fourth-order valence-electron chi connectivity index (χ4n) is 2.77. The Morgan fingerprint density at radius 1 is 1.43 bits per heavy atom. The highest BCUT2D eigenvalue weighted by Gasteiger charge is 2.34. The number of hydrogen-bond acceptors (Lipinski definition) is 5. The molecule has 2 aliphatic heterocycles. The highest BCUT2D eigenvalue weighted by molar-refractivity contribution is 7.89. The molecule has 6 nitrogen and oxygen atoms in total. The molecule has 2 fully saturated rings. The van der Waals surface area contributed by atoms with E-state index in [4.69, 9.17) is 9.47 Å². The van der Waals surface area contributed by atoms with Gasteiger partial charge in [0.25, 0.3) is 0 Å². The van der Waals surface area contributed by atoms with Crippen LogP contribution in [0.3, 0.4) is 0 Å². The van der Waals surface area contributed by atoms with E-state index >= 15 is 0 Å². The van der Waals surface area contributed by atoms with Gasteiger partial charge in [-0.3, -0.25) is 4.98 Å². The monoisotopic (exact) mass is 312 g/mol. The maximum absolute atomic E-state index is 12.4. The molecular weight excluding hydrogens is 292 g/mol. The van der Waals surface area contributed by atoms with Crippen molar-refractivity contribution in [2.45, 2.75) is 18.9 Å². The van der Waals surface area contributed by atoms with E-state index in [1.54, 1.807) is 22.8 Å². The van der Waals surface area contributed by atoms with Crippen molar-refractivity contribution in [2.24, 2.45) is 5.92 Å². The molecule has 21 heavy (non-hydrogen) atoms. The number of sulfonamides is 1. The van der Waals surface area contributed by atoms with Crippen LogP contribution in [-0.4, -0.2) is 55.9 Å². The van der Waals surface area contributed by atoms with Gasteiger partial charge in [0.05, 0.1) is 25.1 Å². The van der Waals surface area contributed by atoms with Crippen LogP contribution in [0.5, 0.6) is 5.75 Å². The van der Waals surface area contributed by atoms with Crippen molar-refractivity contribution in [3.8, 4) is 5.75 Å². The highest BCUT2D eigenvalue weighted by atomic mass is 32.2. The largest absolute Gasteiger partial charge is 0.487 e. The van der Waals surface area contributed by atoms with Crippen LogP contribution in [0.4, 0.5) is 0 Å². The van der Waals surface area contributed by atoms with Gasteiger partial charge in [0.15, 0.2) is 0 Å². The van der Waals surface area contributed by atoms with Gasteiger partial charge in [0, 0.05) is 19.3 Å². The third-order valence-electron chi connectivity index (χ3n) is 3.91. The summed E-state index contributed by atoms with van der Waals surface area (Å²) in [5.41, 5.74) is 0. The number of rotatable bonds is 5. The summed E-state index contributed by atoms with van der Waals surface area (Å²) in [6.45, 7) is 2.18. The second kappa shape index (κ2) is 6.29. The molecule has 0 saturated carbocycles. The smallest absolute Gasteiger partial charge is 0.214 e. The fraction of sp³-hybridized carbons (Fsp3) is 0.643. The summed E-state index contributed by atoms with van der Waals surface area (Å²) in [4.78, 5) is 3.99. The van der Waals surface area contributed by atoms with Gasteiger partial charge >= 0.3 is 0 Å². The topological polar surface area (TPSA) is 68.7 Å². The van der Waals surface area contributed by atoms with Crippen LogP contribution in [0.2, 0.25) is 0 Å². The molecule has 0 bridgehead atoms. The molecule has 2 aliphatic rings. The van der Waals surface area contributed by atoms with E-state index in [1.807, 2.05) is 6.07 Å². The Morgan fingerprint density at radius 3 is 3.05 bits per heavy atom. The molecular formula is C14H20N2O4S. The number of ether oxygens (including phenoxy) is 2. The average molecular weight is 312 g/mol. The predicted molar refractivity (Wildman–Crippen MR) is 77.6 cm³/mol.